The normalized spacial score (nSPS) is 19.3. The number of rotatable bonds is 6. The van der Waals surface area contributed by atoms with Gasteiger partial charge in [0.25, 0.3) is 7.82 Å². The maximum Gasteiger partial charge on any atom is 0.268 e. The minimum Gasteiger partial charge on any atom is -0.756 e. The molecule has 0 bridgehead atoms. The lowest BCUT2D eigenvalue weighted by molar-refractivity contribution is -0.230. The number of hydrogen-bond donors (Lipinski definition) is 0. The molecule has 3 rings (SSSR count). The zero-order valence-electron chi connectivity index (χ0n) is 14.5. The van der Waals surface area contributed by atoms with Gasteiger partial charge < -0.3 is 13.9 Å². The highest BCUT2D eigenvalue weighted by Crippen LogP contribution is 2.49. The van der Waals surface area contributed by atoms with E-state index < -0.39 is 7.82 Å². The molecule has 2 aromatic carbocycles. The van der Waals surface area contributed by atoms with Crippen LogP contribution in [0.1, 0.15) is 51.2 Å². The van der Waals surface area contributed by atoms with Crippen LogP contribution in [0.5, 0.6) is 0 Å². The van der Waals surface area contributed by atoms with Crippen LogP contribution >= 0.6 is 7.82 Å². The number of phosphoric ester groups is 1. The van der Waals surface area contributed by atoms with Crippen molar-refractivity contribution in [1.82, 2.24) is 0 Å². The lowest BCUT2D eigenvalue weighted by atomic mass is 9.65. The Balaban J connectivity index is 0.00000243. The smallest absolute Gasteiger partial charge is 0.268 e. The summed E-state index contributed by atoms with van der Waals surface area (Å²) < 4.78 is 21.8. The SMILES string of the molecule is C.CCOP(=O)([O-])OC1CCC(c2ccccc2)(c2ccccc2)CC1. The van der Waals surface area contributed by atoms with E-state index in [2.05, 4.69) is 48.5 Å². The summed E-state index contributed by atoms with van der Waals surface area (Å²) in [6, 6.07) is 20.9. The maximum atomic E-state index is 11.8. The molecule has 1 aliphatic rings. The van der Waals surface area contributed by atoms with Gasteiger partial charge in [0.1, 0.15) is 0 Å². The van der Waals surface area contributed by atoms with E-state index >= 15 is 0 Å². The second-order valence-corrected chi connectivity index (χ2v) is 7.85. The zero-order valence-corrected chi connectivity index (χ0v) is 15.4. The quantitative estimate of drug-likeness (QED) is 0.661. The Labute approximate surface area is 156 Å². The molecular weight excluding hydrogens is 347 g/mol. The van der Waals surface area contributed by atoms with E-state index in [0.717, 1.165) is 12.8 Å². The minimum absolute atomic E-state index is 0. The summed E-state index contributed by atoms with van der Waals surface area (Å²) in [6.07, 6.45) is 2.75. The third-order valence-electron chi connectivity index (χ3n) is 5.00. The standard InChI is InChI=1S/C20H25O4P.CH4/c1-2-23-25(21,22)24-19-13-15-20(16-14-19,17-9-5-3-6-10-17)18-11-7-4-8-12-18;/h3-12,19H,2,13-16H2,1H3,(H,21,22);1H4/p-1. The van der Waals surface area contributed by atoms with E-state index in [-0.39, 0.29) is 25.6 Å². The van der Waals surface area contributed by atoms with Gasteiger partial charge in [-0.3, -0.25) is 4.57 Å². The Bertz CT molecular complexity index is 668. The molecule has 0 spiro atoms. The van der Waals surface area contributed by atoms with Crippen LogP contribution in [0.2, 0.25) is 0 Å². The summed E-state index contributed by atoms with van der Waals surface area (Å²) in [5.41, 5.74) is 2.45. The molecule has 0 N–H and O–H groups in total. The summed E-state index contributed by atoms with van der Waals surface area (Å²) in [4.78, 5) is 11.8. The first-order valence-electron chi connectivity index (χ1n) is 8.81. The van der Waals surface area contributed by atoms with Crippen LogP contribution < -0.4 is 4.89 Å². The fourth-order valence-electron chi connectivity index (χ4n) is 3.82. The van der Waals surface area contributed by atoms with Crippen LogP contribution in [-0.2, 0) is 19.0 Å². The molecule has 0 saturated heterocycles. The molecule has 0 aromatic heterocycles. The number of phosphoric acid groups is 1. The third kappa shape index (κ3) is 4.63. The molecule has 0 amide bonds. The molecule has 4 nitrogen and oxygen atoms in total. The second-order valence-electron chi connectivity index (χ2n) is 6.48. The molecule has 142 valence electrons. The van der Waals surface area contributed by atoms with Gasteiger partial charge in [-0.25, -0.2) is 0 Å². The number of benzene rings is 2. The van der Waals surface area contributed by atoms with Crippen LogP contribution in [0.3, 0.4) is 0 Å². The van der Waals surface area contributed by atoms with Crippen molar-refractivity contribution in [2.45, 2.75) is 51.6 Å². The molecule has 1 atom stereocenters. The van der Waals surface area contributed by atoms with Gasteiger partial charge in [-0.1, -0.05) is 68.1 Å². The van der Waals surface area contributed by atoms with E-state index in [0.29, 0.717) is 12.8 Å². The van der Waals surface area contributed by atoms with Crippen molar-refractivity contribution in [3.63, 3.8) is 0 Å². The highest BCUT2D eigenvalue weighted by Gasteiger charge is 2.39. The molecule has 0 aliphatic heterocycles. The molecule has 1 aliphatic carbocycles. The van der Waals surface area contributed by atoms with Gasteiger partial charge in [0.15, 0.2) is 0 Å². The molecule has 2 aromatic rings. The van der Waals surface area contributed by atoms with E-state index in [1.54, 1.807) is 6.92 Å². The third-order valence-corrected chi connectivity index (χ3v) is 6.14. The van der Waals surface area contributed by atoms with Gasteiger partial charge in [-0.15, -0.1) is 0 Å². The van der Waals surface area contributed by atoms with Crippen molar-refractivity contribution < 1.29 is 18.5 Å². The Kier molecular flexibility index (Phi) is 7.19. The fraction of sp³-hybridized carbons (Fsp3) is 0.429. The van der Waals surface area contributed by atoms with Crippen LogP contribution in [0.4, 0.5) is 0 Å². The average Bonchev–Trinajstić information content (AvgIpc) is 2.64. The van der Waals surface area contributed by atoms with Crippen molar-refractivity contribution in [3.8, 4) is 0 Å². The summed E-state index contributed by atoms with van der Waals surface area (Å²) in [7, 11) is -4.20. The van der Waals surface area contributed by atoms with Gasteiger partial charge in [0.05, 0.1) is 12.7 Å². The molecule has 26 heavy (non-hydrogen) atoms. The van der Waals surface area contributed by atoms with Gasteiger partial charge in [0, 0.05) is 5.41 Å². The summed E-state index contributed by atoms with van der Waals surface area (Å²) in [5.74, 6) is 0. The lowest BCUT2D eigenvalue weighted by Crippen LogP contribution is -2.36. The predicted octanol–water partition coefficient (Wildman–Crippen LogP) is 5.07. The molecule has 1 fully saturated rings. The van der Waals surface area contributed by atoms with Crippen molar-refractivity contribution in [3.05, 3.63) is 71.8 Å². The van der Waals surface area contributed by atoms with Crippen LogP contribution in [0.15, 0.2) is 60.7 Å². The predicted molar refractivity (Wildman–Crippen MR) is 103 cm³/mol. The first kappa shape index (κ1) is 20.9. The molecular formula is C21H28O4P-. The summed E-state index contributed by atoms with van der Waals surface area (Å²) in [6.45, 7) is 1.75. The largest absolute Gasteiger partial charge is 0.756 e. The Morgan fingerprint density at radius 2 is 1.46 bits per heavy atom. The highest BCUT2D eigenvalue weighted by atomic mass is 31.2. The van der Waals surface area contributed by atoms with Crippen molar-refractivity contribution in [1.29, 1.82) is 0 Å². The summed E-state index contributed by atoms with van der Waals surface area (Å²) >= 11 is 0. The minimum atomic E-state index is -4.20. The highest BCUT2D eigenvalue weighted by molar-refractivity contribution is 7.45. The lowest BCUT2D eigenvalue weighted by Gasteiger charge is -2.42. The van der Waals surface area contributed by atoms with E-state index in [1.165, 1.54) is 11.1 Å². The second kappa shape index (κ2) is 8.96. The van der Waals surface area contributed by atoms with Gasteiger partial charge in [0.2, 0.25) is 0 Å². The van der Waals surface area contributed by atoms with E-state index in [4.69, 9.17) is 9.05 Å². The first-order chi connectivity index (χ1) is 12.1. The maximum absolute atomic E-state index is 11.8. The fourth-order valence-corrected chi connectivity index (χ4v) is 4.77. The molecule has 5 heteroatoms. The monoisotopic (exact) mass is 375 g/mol. The molecule has 1 unspecified atom stereocenters. The Morgan fingerprint density at radius 1 is 1.00 bits per heavy atom. The topological polar surface area (TPSA) is 58.6 Å². The van der Waals surface area contributed by atoms with Crippen LogP contribution in [-0.4, -0.2) is 12.7 Å². The van der Waals surface area contributed by atoms with E-state index in [1.807, 2.05) is 12.1 Å². The summed E-state index contributed by atoms with van der Waals surface area (Å²) in [5, 5.41) is 0. The Morgan fingerprint density at radius 3 is 1.88 bits per heavy atom. The Hall–Kier alpha value is -1.45. The number of hydrogen-bond acceptors (Lipinski definition) is 4. The van der Waals surface area contributed by atoms with Crippen LogP contribution in [0, 0.1) is 0 Å². The average molecular weight is 375 g/mol. The van der Waals surface area contributed by atoms with E-state index in [9.17, 15) is 9.46 Å². The van der Waals surface area contributed by atoms with Crippen LogP contribution in [0.25, 0.3) is 0 Å². The van der Waals surface area contributed by atoms with Gasteiger partial charge in [-0.05, 0) is 43.7 Å². The molecule has 0 radical (unpaired) electrons. The first-order valence-corrected chi connectivity index (χ1v) is 10.3. The zero-order chi connectivity index (χ0) is 17.8. The molecule has 0 heterocycles. The van der Waals surface area contributed by atoms with Gasteiger partial charge >= 0.3 is 0 Å². The molecule has 1 saturated carbocycles. The van der Waals surface area contributed by atoms with Crippen molar-refractivity contribution in [2.24, 2.45) is 0 Å². The van der Waals surface area contributed by atoms with Crippen molar-refractivity contribution in [2.75, 3.05) is 6.61 Å². The van der Waals surface area contributed by atoms with Gasteiger partial charge in [-0.2, -0.15) is 0 Å². The van der Waals surface area contributed by atoms with Crippen molar-refractivity contribution >= 4 is 7.82 Å².